The van der Waals surface area contributed by atoms with Crippen LogP contribution in [0.15, 0.2) is 53.1 Å². The van der Waals surface area contributed by atoms with E-state index in [1.54, 1.807) is 0 Å². The lowest BCUT2D eigenvalue weighted by Crippen LogP contribution is -2.45. The number of carbonyl (C=O) groups excluding carboxylic acids is 1. The monoisotopic (exact) mass is 460 g/mol. The van der Waals surface area contributed by atoms with Crippen molar-refractivity contribution in [2.45, 2.75) is 58.2 Å². The van der Waals surface area contributed by atoms with Crippen LogP contribution in [-0.4, -0.2) is 39.6 Å². The fourth-order valence-corrected chi connectivity index (χ4v) is 4.99. The number of aryl methyl sites for hydroxylation is 1. The van der Waals surface area contributed by atoms with E-state index in [0.717, 1.165) is 54.8 Å². The topological polar surface area (TPSA) is 80.5 Å². The molecule has 3 aromatic rings. The molecule has 2 aromatic carbocycles. The Labute approximate surface area is 200 Å². The Morgan fingerprint density at radius 1 is 1.15 bits per heavy atom. The highest BCUT2D eigenvalue weighted by atomic mass is 16.5. The zero-order chi connectivity index (χ0) is 23.7. The van der Waals surface area contributed by atoms with Crippen molar-refractivity contribution in [1.82, 2.24) is 20.4 Å². The molecule has 0 aliphatic carbocycles. The number of piperidine rings is 1. The maximum Gasteiger partial charge on any atom is 0.241 e. The van der Waals surface area contributed by atoms with Gasteiger partial charge in [-0.25, -0.2) is 0 Å². The Kier molecular flexibility index (Phi) is 6.13. The number of amides is 1. The predicted octanol–water partition coefficient (Wildman–Crippen LogP) is 4.68. The van der Waals surface area contributed by atoms with Gasteiger partial charge in [0, 0.05) is 23.5 Å². The van der Waals surface area contributed by atoms with Crippen molar-refractivity contribution < 1.29 is 14.1 Å². The van der Waals surface area contributed by atoms with E-state index in [-0.39, 0.29) is 23.5 Å². The van der Waals surface area contributed by atoms with E-state index >= 15 is 0 Å². The molecule has 7 nitrogen and oxygen atoms in total. The smallest absolute Gasteiger partial charge is 0.241 e. The number of rotatable bonds is 5. The largest absolute Gasteiger partial charge is 0.487 e. The third kappa shape index (κ3) is 4.99. The van der Waals surface area contributed by atoms with Crippen molar-refractivity contribution >= 4 is 5.91 Å². The number of hydrogen-bond acceptors (Lipinski definition) is 6. The molecule has 1 aromatic heterocycles. The summed E-state index contributed by atoms with van der Waals surface area (Å²) in [6.07, 6.45) is 2.40. The number of hydrogen-bond donors (Lipinski definition) is 1. The quantitative estimate of drug-likeness (QED) is 0.596. The van der Waals surface area contributed by atoms with Gasteiger partial charge in [-0.3, -0.25) is 9.69 Å². The number of carbonyl (C=O) groups is 1. The molecule has 0 spiro atoms. The van der Waals surface area contributed by atoms with Crippen molar-refractivity contribution in [1.29, 1.82) is 0 Å². The highest BCUT2D eigenvalue weighted by molar-refractivity contribution is 5.79. The first-order valence-corrected chi connectivity index (χ1v) is 12.1. The predicted molar refractivity (Wildman–Crippen MR) is 129 cm³/mol. The molecule has 1 fully saturated rings. The van der Waals surface area contributed by atoms with Crippen LogP contribution < -0.4 is 10.1 Å². The average Bonchev–Trinajstić information content (AvgIpc) is 3.27. The molecule has 0 radical (unpaired) electrons. The number of ether oxygens (including phenoxy) is 1. The Morgan fingerprint density at radius 2 is 1.94 bits per heavy atom. The molecule has 1 N–H and O–H groups in total. The van der Waals surface area contributed by atoms with E-state index in [9.17, 15) is 4.79 Å². The van der Waals surface area contributed by atoms with Gasteiger partial charge in [-0.15, -0.1) is 0 Å². The fourth-order valence-electron chi connectivity index (χ4n) is 4.99. The zero-order valence-corrected chi connectivity index (χ0v) is 20.1. The number of nitrogens with one attached hydrogen (secondary N) is 1. The molecule has 3 heterocycles. The molecule has 178 valence electrons. The third-order valence-corrected chi connectivity index (χ3v) is 6.75. The third-order valence-electron chi connectivity index (χ3n) is 6.75. The van der Waals surface area contributed by atoms with Gasteiger partial charge in [0.15, 0.2) is 0 Å². The number of fused-ring (bicyclic) bond motifs is 1. The summed E-state index contributed by atoms with van der Waals surface area (Å²) in [5.41, 5.74) is 2.88. The maximum atomic E-state index is 13.1. The van der Waals surface area contributed by atoms with E-state index < -0.39 is 0 Å². The summed E-state index contributed by atoms with van der Waals surface area (Å²) in [6.45, 7) is 8.46. The molecule has 1 unspecified atom stereocenters. The second kappa shape index (κ2) is 9.22. The van der Waals surface area contributed by atoms with Crippen LogP contribution in [-0.2, 0) is 11.3 Å². The number of benzene rings is 2. The van der Waals surface area contributed by atoms with Crippen molar-refractivity contribution in [2.24, 2.45) is 5.92 Å². The van der Waals surface area contributed by atoms with Gasteiger partial charge in [0.1, 0.15) is 11.4 Å². The molecular formula is C27H32N4O3. The van der Waals surface area contributed by atoms with Crippen LogP contribution in [0, 0.1) is 12.8 Å². The van der Waals surface area contributed by atoms with Gasteiger partial charge in [-0.2, -0.15) is 4.98 Å². The molecule has 34 heavy (non-hydrogen) atoms. The van der Waals surface area contributed by atoms with Crippen LogP contribution >= 0.6 is 0 Å². The molecule has 0 saturated carbocycles. The van der Waals surface area contributed by atoms with Crippen LogP contribution in [0.1, 0.15) is 56.2 Å². The maximum absolute atomic E-state index is 13.1. The van der Waals surface area contributed by atoms with Crippen LogP contribution in [0.3, 0.4) is 0 Å². The Morgan fingerprint density at radius 3 is 2.74 bits per heavy atom. The summed E-state index contributed by atoms with van der Waals surface area (Å²) in [4.78, 5) is 20.0. The van der Waals surface area contributed by atoms with Crippen LogP contribution in [0.25, 0.3) is 11.4 Å². The van der Waals surface area contributed by atoms with E-state index in [0.29, 0.717) is 18.3 Å². The fraction of sp³-hybridized carbons (Fsp3) is 0.444. The van der Waals surface area contributed by atoms with E-state index in [1.165, 1.54) is 0 Å². The summed E-state index contributed by atoms with van der Waals surface area (Å²) < 4.78 is 11.6. The van der Waals surface area contributed by atoms with Crippen molar-refractivity contribution in [3.63, 3.8) is 0 Å². The van der Waals surface area contributed by atoms with Gasteiger partial charge < -0.3 is 14.6 Å². The number of likely N-dealkylation sites (tertiary alicyclic amines) is 1. The lowest BCUT2D eigenvalue weighted by molar-refractivity contribution is -0.127. The van der Waals surface area contributed by atoms with Gasteiger partial charge in [-0.05, 0) is 58.8 Å². The van der Waals surface area contributed by atoms with Crippen molar-refractivity contribution in [3.8, 4) is 17.1 Å². The van der Waals surface area contributed by atoms with Gasteiger partial charge in [0.2, 0.25) is 17.6 Å². The van der Waals surface area contributed by atoms with E-state index in [1.807, 2.05) is 49.4 Å². The van der Waals surface area contributed by atoms with Gasteiger partial charge in [0.25, 0.3) is 0 Å². The Bertz CT molecular complexity index is 1160. The Balaban J connectivity index is 1.16. The van der Waals surface area contributed by atoms with Crippen molar-refractivity contribution in [2.75, 3.05) is 13.1 Å². The first-order valence-electron chi connectivity index (χ1n) is 12.1. The average molecular weight is 461 g/mol. The highest BCUT2D eigenvalue weighted by Crippen LogP contribution is 2.39. The second-order valence-electron chi connectivity index (χ2n) is 10.1. The first-order chi connectivity index (χ1) is 16.4. The number of aromatic nitrogens is 2. The first kappa shape index (κ1) is 22.6. The molecule has 1 atom stereocenters. The molecule has 5 rings (SSSR count). The summed E-state index contributed by atoms with van der Waals surface area (Å²) in [5, 5.41) is 7.46. The molecular weight excluding hydrogens is 428 g/mol. The van der Waals surface area contributed by atoms with Crippen molar-refractivity contribution in [3.05, 3.63) is 65.5 Å². The molecule has 0 bridgehead atoms. The SMILES string of the molecule is Cc1cccc(-c2noc(CN3CCC(C(=O)NC4CC(C)(C)Oc5ccccc54)CC3)n2)c1. The van der Waals surface area contributed by atoms with E-state index in [4.69, 9.17) is 9.26 Å². The minimum atomic E-state index is -0.308. The van der Waals surface area contributed by atoms with Gasteiger partial charge in [-0.1, -0.05) is 47.1 Å². The van der Waals surface area contributed by atoms with Gasteiger partial charge in [0.05, 0.1) is 12.6 Å². The van der Waals surface area contributed by atoms with Crippen LogP contribution in [0.4, 0.5) is 0 Å². The zero-order valence-electron chi connectivity index (χ0n) is 20.1. The standard InChI is InChI=1S/C27H32N4O3/c1-18-7-6-8-20(15-18)25-29-24(34-30-25)17-31-13-11-19(12-14-31)26(32)28-22-16-27(2,3)33-23-10-5-4-9-21(22)23/h4-10,15,19,22H,11-14,16-17H2,1-3H3,(H,28,32). The lowest BCUT2D eigenvalue weighted by Gasteiger charge is -2.39. The molecule has 1 amide bonds. The summed E-state index contributed by atoms with van der Waals surface area (Å²) in [5.74, 6) is 2.24. The number of nitrogens with zero attached hydrogens (tertiary/aromatic N) is 3. The minimum absolute atomic E-state index is 0.0138. The summed E-state index contributed by atoms with van der Waals surface area (Å²) >= 11 is 0. The summed E-state index contributed by atoms with van der Waals surface area (Å²) in [7, 11) is 0. The Hall–Kier alpha value is -3.19. The molecule has 7 heteroatoms. The normalized spacial score (nSPS) is 20.4. The van der Waals surface area contributed by atoms with Crippen LogP contribution in [0.2, 0.25) is 0 Å². The summed E-state index contributed by atoms with van der Waals surface area (Å²) in [6, 6.07) is 16.1. The second-order valence-corrected chi connectivity index (χ2v) is 10.1. The minimum Gasteiger partial charge on any atom is -0.487 e. The molecule has 1 saturated heterocycles. The molecule has 2 aliphatic rings. The number of para-hydroxylation sites is 1. The van der Waals surface area contributed by atoms with Crippen LogP contribution in [0.5, 0.6) is 5.75 Å². The molecule has 2 aliphatic heterocycles. The van der Waals surface area contributed by atoms with E-state index in [2.05, 4.69) is 40.3 Å². The lowest BCUT2D eigenvalue weighted by atomic mass is 9.88. The van der Waals surface area contributed by atoms with Gasteiger partial charge >= 0.3 is 0 Å². The highest BCUT2D eigenvalue weighted by Gasteiger charge is 2.36.